The third-order valence-corrected chi connectivity index (χ3v) is 5.43. The van der Waals surface area contributed by atoms with E-state index >= 15 is 0 Å². The molecule has 1 fully saturated rings. The summed E-state index contributed by atoms with van der Waals surface area (Å²) in [6.07, 6.45) is -8.82. The van der Waals surface area contributed by atoms with Crippen LogP contribution in [0, 0.1) is 6.92 Å². The van der Waals surface area contributed by atoms with Crippen molar-refractivity contribution < 1.29 is 31.5 Å². The highest BCUT2D eigenvalue weighted by atomic mass is 19.4. The maximum atomic E-state index is 13.2. The zero-order valence-electron chi connectivity index (χ0n) is 17.3. The van der Waals surface area contributed by atoms with E-state index in [-0.39, 0.29) is 30.9 Å². The van der Waals surface area contributed by atoms with Crippen LogP contribution in [0.15, 0.2) is 47.3 Å². The Morgan fingerprint density at radius 3 is 2.48 bits per heavy atom. The van der Waals surface area contributed by atoms with Crippen LogP contribution in [0.3, 0.4) is 0 Å². The molecule has 3 heterocycles. The van der Waals surface area contributed by atoms with Gasteiger partial charge in [0.2, 0.25) is 0 Å². The van der Waals surface area contributed by atoms with Crippen molar-refractivity contribution in [3.05, 3.63) is 69.6 Å². The highest BCUT2D eigenvalue weighted by Crippen LogP contribution is 2.30. The lowest BCUT2D eigenvalue weighted by molar-refractivity contribution is -0.141. The fourth-order valence-electron chi connectivity index (χ4n) is 3.75. The first-order chi connectivity index (χ1) is 15.6. The molecule has 6 nitrogen and oxygen atoms in total. The molecule has 2 aromatic heterocycles. The number of fused-ring (bicyclic) bond motifs is 1. The maximum absolute atomic E-state index is 13.2. The van der Waals surface area contributed by atoms with Gasteiger partial charge in [-0.3, -0.25) is 14.0 Å². The van der Waals surface area contributed by atoms with Crippen LogP contribution >= 0.6 is 0 Å². The van der Waals surface area contributed by atoms with Gasteiger partial charge in [-0.05, 0) is 36.8 Å². The summed E-state index contributed by atoms with van der Waals surface area (Å²) in [5.41, 5.74) is -1.78. The molecule has 0 aliphatic carbocycles. The quantitative estimate of drug-likeness (QED) is 0.550. The normalized spacial score (nSPS) is 17.1. The topological polar surface area (TPSA) is 63.9 Å². The number of rotatable bonds is 3. The van der Waals surface area contributed by atoms with Gasteiger partial charge in [0.05, 0.1) is 18.8 Å². The van der Waals surface area contributed by atoms with E-state index in [1.807, 2.05) is 0 Å². The molecule has 1 unspecified atom stereocenters. The van der Waals surface area contributed by atoms with Crippen molar-refractivity contribution in [1.82, 2.24) is 14.3 Å². The Hall–Kier alpha value is -3.34. The number of carbonyl (C=O) groups is 1. The Morgan fingerprint density at radius 1 is 1.15 bits per heavy atom. The van der Waals surface area contributed by atoms with E-state index in [0.29, 0.717) is 11.3 Å². The summed E-state index contributed by atoms with van der Waals surface area (Å²) in [6, 6.07) is 10.3. The van der Waals surface area contributed by atoms with Crippen LogP contribution in [0.5, 0.6) is 0 Å². The van der Waals surface area contributed by atoms with Gasteiger partial charge in [0.1, 0.15) is 11.8 Å². The number of aromatic nitrogens is 2. The Labute approximate surface area is 184 Å². The van der Waals surface area contributed by atoms with E-state index in [2.05, 4.69) is 4.98 Å². The Balaban J connectivity index is 1.68. The number of benzene rings is 1. The second-order valence-electron chi connectivity index (χ2n) is 7.57. The van der Waals surface area contributed by atoms with Gasteiger partial charge in [0.15, 0.2) is 5.69 Å². The molecule has 0 radical (unpaired) electrons. The molecule has 174 valence electrons. The van der Waals surface area contributed by atoms with Gasteiger partial charge < -0.3 is 9.64 Å². The van der Waals surface area contributed by atoms with Crippen molar-refractivity contribution in [2.45, 2.75) is 25.6 Å². The average Bonchev–Trinajstić information content (AvgIpc) is 2.80. The molecule has 0 spiro atoms. The molecule has 11 heteroatoms. The van der Waals surface area contributed by atoms with E-state index in [4.69, 9.17) is 4.74 Å². The number of pyridine rings is 1. The van der Waals surface area contributed by atoms with Crippen molar-refractivity contribution in [3.8, 4) is 11.3 Å². The number of nitrogens with zero attached hydrogens (tertiary/aromatic N) is 3. The summed E-state index contributed by atoms with van der Waals surface area (Å²) in [6.45, 7) is 1.01. The molecule has 3 aromatic rings. The predicted octanol–water partition coefficient (Wildman–Crippen LogP) is 3.79. The first-order valence-corrected chi connectivity index (χ1v) is 9.97. The smallest absolute Gasteiger partial charge is 0.369 e. The molecular formula is C22H18F5N3O3. The minimum atomic E-state index is -4.77. The Kier molecular flexibility index (Phi) is 5.91. The number of ether oxygens (including phenoxy) is 1. The highest BCUT2D eigenvalue weighted by molar-refractivity contribution is 5.94. The highest BCUT2D eigenvalue weighted by Gasteiger charge is 2.36. The van der Waals surface area contributed by atoms with E-state index in [1.54, 1.807) is 6.07 Å². The van der Waals surface area contributed by atoms with Gasteiger partial charge in [0.25, 0.3) is 17.9 Å². The molecular weight excluding hydrogens is 449 g/mol. The molecule has 0 bridgehead atoms. The monoisotopic (exact) mass is 467 g/mol. The van der Waals surface area contributed by atoms with Crippen LogP contribution < -0.4 is 5.56 Å². The number of morpholine rings is 1. The third-order valence-electron chi connectivity index (χ3n) is 5.43. The van der Waals surface area contributed by atoms with Gasteiger partial charge >= 0.3 is 6.18 Å². The van der Waals surface area contributed by atoms with Gasteiger partial charge in [-0.1, -0.05) is 18.2 Å². The van der Waals surface area contributed by atoms with Gasteiger partial charge in [-0.2, -0.15) is 13.2 Å². The van der Waals surface area contributed by atoms with Gasteiger partial charge in [0, 0.05) is 17.7 Å². The first kappa shape index (κ1) is 22.8. The Morgan fingerprint density at radius 2 is 1.85 bits per heavy atom. The van der Waals surface area contributed by atoms with Crippen molar-refractivity contribution in [3.63, 3.8) is 0 Å². The summed E-state index contributed by atoms with van der Waals surface area (Å²) in [7, 11) is 0. The molecule has 33 heavy (non-hydrogen) atoms. The fraction of sp³-hybridized carbons (Fsp3) is 0.318. The van der Waals surface area contributed by atoms with Crippen molar-refractivity contribution in [2.75, 3.05) is 19.7 Å². The molecule has 1 aromatic carbocycles. The minimum Gasteiger partial charge on any atom is -0.369 e. The van der Waals surface area contributed by atoms with Crippen molar-refractivity contribution >= 4 is 11.6 Å². The average molecular weight is 467 g/mol. The van der Waals surface area contributed by atoms with Gasteiger partial charge in [-0.25, -0.2) is 13.8 Å². The standard InChI is InChI=1S/C22H18F5N3O3/c1-12-18(22(25,26)27)28-17-4-2-3-15(30(17)20(12)31)13-5-7-14(8-6-13)21(32)29-9-10-33-16(11-29)19(23)24/h2-8,16,19H,9-11H2,1H3. The molecule has 1 amide bonds. The lowest BCUT2D eigenvalue weighted by Gasteiger charge is -2.32. The number of alkyl halides is 5. The number of amides is 1. The van der Waals surface area contributed by atoms with Crippen LogP contribution in [0.2, 0.25) is 0 Å². The SMILES string of the molecule is Cc1c(C(F)(F)F)nc2cccc(-c3ccc(C(=O)N4CCOC(C(F)F)C4)cc3)n2c1=O. The largest absolute Gasteiger partial charge is 0.433 e. The lowest BCUT2D eigenvalue weighted by Crippen LogP contribution is -2.48. The number of halogens is 5. The predicted molar refractivity (Wildman–Crippen MR) is 108 cm³/mol. The minimum absolute atomic E-state index is 0.00398. The number of hydrogen-bond acceptors (Lipinski definition) is 4. The van der Waals surface area contributed by atoms with Crippen molar-refractivity contribution in [2.24, 2.45) is 0 Å². The zero-order chi connectivity index (χ0) is 23.9. The summed E-state index contributed by atoms with van der Waals surface area (Å²) in [4.78, 5) is 30.4. The lowest BCUT2D eigenvalue weighted by atomic mass is 10.1. The van der Waals surface area contributed by atoms with E-state index < -0.39 is 41.4 Å². The Bertz CT molecular complexity index is 1260. The molecule has 0 N–H and O–H groups in total. The molecule has 1 aliphatic heterocycles. The van der Waals surface area contributed by atoms with Crippen LogP contribution in [-0.4, -0.2) is 52.4 Å². The summed E-state index contributed by atoms with van der Waals surface area (Å²) >= 11 is 0. The number of carbonyl (C=O) groups excluding carboxylic acids is 1. The van der Waals surface area contributed by atoms with E-state index in [9.17, 15) is 31.5 Å². The van der Waals surface area contributed by atoms with Crippen LogP contribution in [0.1, 0.15) is 21.6 Å². The molecule has 0 saturated carbocycles. The summed E-state index contributed by atoms with van der Waals surface area (Å²) < 4.78 is 71.6. The molecule has 1 atom stereocenters. The second-order valence-corrected chi connectivity index (χ2v) is 7.57. The third kappa shape index (κ3) is 4.32. The van der Waals surface area contributed by atoms with E-state index in [1.165, 1.54) is 41.3 Å². The number of hydrogen-bond donors (Lipinski definition) is 0. The molecule has 1 saturated heterocycles. The second kappa shape index (κ2) is 8.54. The van der Waals surface area contributed by atoms with Crippen LogP contribution in [0.4, 0.5) is 22.0 Å². The zero-order valence-corrected chi connectivity index (χ0v) is 17.3. The molecule has 1 aliphatic rings. The summed E-state index contributed by atoms with van der Waals surface area (Å²) in [5.74, 6) is -0.446. The molecule has 4 rings (SSSR count). The van der Waals surface area contributed by atoms with Gasteiger partial charge in [-0.15, -0.1) is 0 Å². The van der Waals surface area contributed by atoms with Crippen molar-refractivity contribution in [1.29, 1.82) is 0 Å². The maximum Gasteiger partial charge on any atom is 0.433 e. The first-order valence-electron chi connectivity index (χ1n) is 9.97. The van der Waals surface area contributed by atoms with Crippen LogP contribution in [0.25, 0.3) is 16.9 Å². The summed E-state index contributed by atoms with van der Waals surface area (Å²) in [5, 5.41) is 0. The van der Waals surface area contributed by atoms with Crippen LogP contribution in [-0.2, 0) is 10.9 Å². The fourth-order valence-corrected chi connectivity index (χ4v) is 3.75. The van der Waals surface area contributed by atoms with E-state index in [0.717, 1.165) is 11.3 Å².